The summed E-state index contributed by atoms with van der Waals surface area (Å²) in [5.41, 5.74) is 0.715. The van der Waals surface area contributed by atoms with Gasteiger partial charge in [0.2, 0.25) is 0 Å². The number of nitriles is 1. The van der Waals surface area contributed by atoms with Crippen LogP contribution in [0.2, 0.25) is 0 Å². The molecule has 0 amide bonds. The van der Waals surface area contributed by atoms with Gasteiger partial charge in [-0.2, -0.15) is 5.26 Å². The number of Topliss-reactive ketones (excluding diaryl/α,β-unsaturated/α-hetero) is 1. The van der Waals surface area contributed by atoms with Gasteiger partial charge in [-0.05, 0) is 26.0 Å². The molecular formula is C49H79NO. The van der Waals surface area contributed by atoms with Crippen LogP contribution in [0.1, 0.15) is 123 Å². The maximum Gasteiger partial charge on any atom is 0.126 e. The molecule has 0 heterocycles. The second kappa shape index (κ2) is 85.2. The fourth-order valence-corrected chi connectivity index (χ4v) is 2.05. The van der Waals surface area contributed by atoms with Crippen molar-refractivity contribution in [3.05, 3.63) is 181 Å². The van der Waals surface area contributed by atoms with E-state index in [1.54, 1.807) is 12.1 Å². The number of rotatable bonds is 0. The minimum atomic E-state index is 0.167. The Labute approximate surface area is 319 Å². The predicted octanol–water partition coefficient (Wildman–Crippen LogP) is 16.5. The Morgan fingerprint density at radius 3 is 0.549 bits per heavy atom. The number of carbonyl (C=O) groups is 1. The summed E-state index contributed by atoms with van der Waals surface area (Å²) in [6, 6.07) is 59.2. The van der Waals surface area contributed by atoms with E-state index in [4.69, 9.17) is 5.26 Å². The van der Waals surface area contributed by atoms with E-state index in [0.29, 0.717) is 5.56 Å². The first-order chi connectivity index (χ1) is 25.1. The Morgan fingerprint density at radius 2 is 0.471 bits per heavy atom. The Balaban J connectivity index is -0.0000000679. The van der Waals surface area contributed by atoms with Crippen LogP contribution in [0.25, 0.3) is 0 Å². The molecule has 0 aliphatic rings. The first-order valence-corrected chi connectivity index (χ1v) is 19.0. The molecule has 0 bridgehead atoms. The van der Waals surface area contributed by atoms with Gasteiger partial charge in [-0.1, -0.05) is 267 Å². The van der Waals surface area contributed by atoms with Gasteiger partial charge in [0.25, 0.3) is 0 Å². The van der Waals surface area contributed by atoms with Gasteiger partial charge >= 0.3 is 0 Å². The lowest BCUT2D eigenvalue weighted by molar-refractivity contribution is -0.115. The molecule has 51 heavy (non-hydrogen) atoms. The van der Waals surface area contributed by atoms with Crippen LogP contribution in [-0.2, 0) is 4.79 Å². The van der Waals surface area contributed by atoms with E-state index in [2.05, 4.69) is 13.8 Å². The van der Waals surface area contributed by atoms with Crippen molar-refractivity contribution >= 4 is 5.78 Å². The summed E-state index contributed by atoms with van der Waals surface area (Å²) in [5, 5.41) is 8.29. The highest BCUT2D eigenvalue weighted by molar-refractivity contribution is 5.72. The van der Waals surface area contributed by atoms with Crippen LogP contribution >= 0.6 is 0 Å². The van der Waals surface area contributed by atoms with Crippen LogP contribution in [-0.4, -0.2) is 5.78 Å². The molecule has 286 valence electrons. The van der Waals surface area contributed by atoms with Crippen molar-refractivity contribution in [2.24, 2.45) is 0 Å². The van der Waals surface area contributed by atoms with Gasteiger partial charge in [-0.25, -0.2) is 0 Å². The van der Waals surface area contributed by atoms with Crippen molar-refractivity contribution in [2.45, 2.75) is 117 Å². The molecular weight excluding hydrogens is 619 g/mol. The maximum atomic E-state index is 9.44. The normalized spacial score (nSPS) is 6.57. The van der Waals surface area contributed by atoms with Crippen molar-refractivity contribution in [1.29, 1.82) is 5.26 Å². The van der Waals surface area contributed by atoms with Gasteiger partial charge < -0.3 is 4.79 Å². The molecule has 0 unspecified atom stereocenters. The molecule has 5 rings (SSSR count). The summed E-state index contributed by atoms with van der Waals surface area (Å²) in [4.78, 5) is 9.44. The Kier molecular flexibility index (Phi) is 108. The molecule has 0 saturated carbocycles. The van der Waals surface area contributed by atoms with Gasteiger partial charge in [0, 0.05) is 0 Å². The van der Waals surface area contributed by atoms with Gasteiger partial charge in [-0.15, -0.1) is 0 Å². The maximum absolute atomic E-state index is 9.44. The predicted molar refractivity (Wildman–Crippen MR) is 237 cm³/mol. The van der Waals surface area contributed by atoms with E-state index in [-0.39, 0.29) is 5.78 Å². The highest BCUT2D eigenvalue weighted by atomic mass is 16.1. The highest BCUT2D eigenvalue weighted by Crippen LogP contribution is 1.93. The van der Waals surface area contributed by atoms with Gasteiger partial charge in [0.15, 0.2) is 0 Å². The molecule has 0 saturated heterocycles. The van der Waals surface area contributed by atoms with Crippen LogP contribution in [0, 0.1) is 11.3 Å². The lowest BCUT2D eigenvalue weighted by Gasteiger charge is -1.80. The molecule has 0 fully saturated rings. The zero-order valence-electron chi connectivity index (χ0n) is 35.8. The van der Waals surface area contributed by atoms with E-state index in [0.717, 1.165) is 0 Å². The Hall–Kier alpha value is -4.74. The molecule has 0 aliphatic heterocycles. The van der Waals surface area contributed by atoms with Gasteiger partial charge in [0.05, 0.1) is 11.6 Å². The standard InChI is InChI=1S/C7H5N.4C6H6.C3H6O.C3H8.6C2H6/c8-6-7-4-2-1-3-5-7;4*1-2-4-6-5-3-1;1-3(2)4;1-3-2;6*1-2/h1-5H;4*1-6H;1-2H3;3H2,1-2H3;6*1-2H3. The molecule has 0 spiro atoms. The van der Waals surface area contributed by atoms with Crippen molar-refractivity contribution < 1.29 is 4.79 Å². The molecule has 0 aliphatic carbocycles. The van der Waals surface area contributed by atoms with E-state index in [9.17, 15) is 4.79 Å². The number of hydrogen-bond donors (Lipinski definition) is 0. The third-order valence-electron chi connectivity index (χ3n) is 3.57. The Bertz CT molecular complexity index is 873. The van der Waals surface area contributed by atoms with Crippen LogP contribution < -0.4 is 0 Å². The van der Waals surface area contributed by atoms with E-state index in [1.165, 1.54) is 20.3 Å². The molecule has 5 aromatic carbocycles. The second-order valence-electron chi connectivity index (χ2n) is 7.71. The summed E-state index contributed by atoms with van der Waals surface area (Å²) >= 11 is 0. The molecule has 0 radical (unpaired) electrons. The summed E-state index contributed by atoms with van der Waals surface area (Å²) in [6.07, 6.45) is 1.25. The fourth-order valence-electron chi connectivity index (χ4n) is 2.05. The summed E-state index contributed by atoms with van der Waals surface area (Å²) < 4.78 is 0. The van der Waals surface area contributed by atoms with Gasteiger partial charge in [0.1, 0.15) is 5.78 Å². The first kappa shape index (κ1) is 64.7. The molecule has 2 nitrogen and oxygen atoms in total. The molecule has 0 aromatic heterocycles. The highest BCUT2D eigenvalue weighted by Gasteiger charge is 1.79. The minimum absolute atomic E-state index is 0.167. The topological polar surface area (TPSA) is 40.9 Å². The van der Waals surface area contributed by atoms with Crippen LogP contribution in [0.4, 0.5) is 0 Å². The lowest BCUT2D eigenvalue weighted by atomic mass is 10.2. The monoisotopic (exact) mass is 698 g/mol. The largest absolute Gasteiger partial charge is 0.300 e. The summed E-state index contributed by atoms with van der Waals surface area (Å²) in [7, 11) is 0. The number of carbonyl (C=O) groups excluding carboxylic acids is 1. The number of hydrogen-bond acceptors (Lipinski definition) is 2. The average Bonchev–Trinajstić information content (AvgIpc) is 3.26. The zero-order chi connectivity index (χ0) is 41.1. The SMILES string of the molecule is CC.CC.CC.CC.CC.CC.CC(C)=O.CCC.N#Cc1ccccc1.c1ccccc1.c1ccccc1.c1ccccc1.c1ccccc1. The van der Waals surface area contributed by atoms with Crippen molar-refractivity contribution in [1.82, 2.24) is 0 Å². The zero-order valence-corrected chi connectivity index (χ0v) is 35.8. The van der Waals surface area contributed by atoms with Crippen LogP contribution in [0.15, 0.2) is 176 Å². The Morgan fingerprint density at radius 1 is 0.373 bits per heavy atom. The van der Waals surface area contributed by atoms with Crippen LogP contribution in [0.5, 0.6) is 0 Å². The molecule has 5 aromatic rings. The van der Waals surface area contributed by atoms with Crippen LogP contribution in [0.3, 0.4) is 0 Å². The number of ketones is 1. The fraction of sp³-hybridized carbons (Fsp3) is 0.347. The van der Waals surface area contributed by atoms with Crippen molar-refractivity contribution in [3.8, 4) is 6.07 Å². The smallest absolute Gasteiger partial charge is 0.126 e. The van der Waals surface area contributed by atoms with E-state index >= 15 is 0 Å². The molecule has 2 heteroatoms. The third-order valence-corrected chi connectivity index (χ3v) is 3.57. The van der Waals surface area contributed by atoms with Crippen molar-refractivity contribution in [3.63, 3.8) is 0 Å². The molecule has 0 N–H and O–H groups in total. The lowest BCUT2D eigenvalue weighted by Crippen LogP contribution is -1.69. The number of benzene rings is 5. The summed E-state index contributed by atoms with van der Waals surface area (Å²) in [5.74, 6) is 0.167. The van der Waals surface area contributed by atoms with E-state index in [1.807, 2.05) is 253 Å². The minimum Gasteiger partial charge on any atom is -0.300 e. The number of nitrogens with zero attached hydrogens (tertiary/aromatic N) is 1. The third kappa shape index (κ3) is 98.9. The second-order valence-corrected chi connectivity index (χ2v) is 7.71. The first-order valence-electron chi connectivity index (χ1n) is 19.0. The quantitative estimate of drug-likeness (QED) is 0.162. The van der Waals surface area contributed by atoms with E-state index < -0.39 is 0 Å². The average molecular weight is 698 g/mol. The van der Waals surface area contributed by atoms with Crippen molar-refractivity contribution in [2.75, 3.05) is 0 Å². The van der Waals surface area contributed by atoms with Gasteiger partial charge in [-0.3, -0.25) is 0 Å². The summed E-state index contributed by atoms with van der Waals surface area (Å²) in [6.45, 7) is 31.3. The molecule has 0 atom stereocenters.